The SMILES string of the molecule is Cc1cccc(/N=C2/S/C(=C/C=C/c3ccco3)C(=O)N2C2CCCCC2)n1. The average Bonchev–Trinajstić information content (AvgIpc) is 3.31. The maximum Gasteiger partial charge on any atom is 0.266 e. The van der Waals surface area contributed by atoms with Crippen molar-refractivity contribution < 1.29 is 9.21 Å². The Labute approximate surface area is 169 Å². The lowest BCUT2D eigenvalue weighted by molar-refractivity contribution is -0.124. The van der Waals surface area contributed by atoms with Gasteiger partial charge in [0.2, 0.25) is 0 Å². The minimum atomic E-state index is 0.0346. The molecule has 0 atom stereocenters. The number of aromatic nitrogens is 1. The molecule has 0 spiro atoms. The van der Waals surface area contributed by atoms with Crippen molar-refractivity contribution in [3.63, 3.8) is 0 Å². The van der Waals surface area contributed by atoms with Gasteiger partial charge in [0.05, 0.1) is 11.2 Å². The predicted octanol–water partition coefficient (Wildman–Crippen LogP) is 5.48. The Hall–Kier alpha value is -2.60. The Balaban J connectivity index is 1.63. The molecule has 2 aromatic rings. The number of nitrogens with zero attached hydrogens (tertiary/aromatic N) is 3. The Morgan fingerprint density at radius 1 is 1.21 bits per heavy atom. The van der Waals surface area contributed by atoms with E-state index in [9.17, 15) is 4.79 Å². The molecule has 0 bridgehead atoms. The monoisotopic (exact) mass is 393 g/mol. The van der Waals surface area contributed by atoms with Gasteiger partial charge in [0.1, 0.15) is 5.76 Å². The van der Waals surface area contributed by atoms with Crippen LogP contribution in [0.5, 0.6) is 0 Å². The molecule has 0 aromatic carbocycles. The molecule has 4 rings (SSSR count). The lowest BCUT2D eigenvalue weighted by Crippen LogP contribution is -2.40. The fraction of sp³-hybridized carbons (Fsp3) is 0.318. The fourth-order valence-electron chi connectivity index (χ4n) is 3.55. The highest BCUT2D eigenvalue weighted by Crippen LogP contribution is 2.37. The van der Waals surface area contributed by atoms with E-state index in [0.29, 0.717) is 10.7 Å². The molecule has 2 aromatic heterocycles. The predicted molar refractivity (Wildman–Crippen MR) is 113 cm³/mol. The number of rotatable bonds is 4. The summed E-state index contributed by atoms with van der Waals surface area (Å²) in [4.78, 5) is 24.9. The van der Waals surface area contributed by atoms with E-state index in [1.165, 1.54) is 18.2 Å². The van der Waals surface area contributed by atoms with E-state index >= 15 is 0 Å². The normalized spacial score (nSPS) is 21.5. The maximum atomic E-state index is 13.1. The maximum absolute atomic E-state index is 13.1. The first-order valence-electron chi connectivity index (χ1n) is 9.66. The standard InChI is InChI=1S/C22H23N3O2S/c1-16-8-5-14-20(23-16)24-22-25(17-9-3-2-4-10-17)21(26)19(28-22)13-6-11-18-12-7-15-27-18/h5-8,11-15,17H,2-4,9-10H2,1H3/b11-6+,19-13+,24-22+. The topological polar surface area (TPSA) is 58.7 Å². The number of pyridine rings is 1. The summed E-state index contributed by atoms with van der Waals surface area (Å²) < 4.78 is 5.30. The lowest BCUT2D eigenvalue weighted by atomic mass is 9.94. The highest BCUT2D eigenvalue weighted by Gasteiger charge is 2.38. The molecule has 28 heavy (non-hydrogen) atoms. The number of aryl methyl sites for hydroxylation is 1. The number of carbonyl (C=O) groups is 1. The third kappa shape index (κ3) is 4.28. The van der Waals surface area contributed by atoms with Crippen molar-refractivity contribution in [3.8, 4) is 0 Å². The second-order valence-electron chi connectivity index (χ2n) is 7.01. The minimum Gasteiger partial charge on any atom is -0.465 e. The third-order valence-electron chi connectivity index (χ3n) is 4.91. The lowest BCUT2D eigenvalue weighted by Gasteiger charge is -2.30. The van der Waals surface area contributed by atoms with Crippen LogP contribution in [0.1, 0.15) is 43.6 Å². The van der Waals surface area contributed by atoms with Crippen LogP contribution in [0.4, 0.5) is 5.82 Å². The minimum absolute atomic E-state index is 0.0346. The fourth-order valence-corrected chi connectivity index (χ4v) is 4.54. The number of hydrogen-bond donors (Lipinski definition) is 0. The first-order valence-corrected chi connectivity index (χ1v) is 10.5. The van der Waals surface area contributed by atoms with E-state index in [2.05, 4.69) is 4.98 Å². The Morgan fingerprint density at radius 2 is 2.07 bits per heavy atom. The number of allylic oxidation sites excluding steroid dienone is 2. The van der Waals surface area contributed by atoms with Gasteiger partial charge in [-0.2, -0.15) is 0 Å². The van der Waals surface area contributed by atoms with Crippen LogP contribution in [-0.2, 0) is 4.79 Å². The van der Waals surface area contributed by atoms with Crippen LogP contribution in [0.3, 0.4) is 0 Å². The zero-order chi connectivity index (χ0) is 19.3. The molecule has 0 radical (unpaired) electrons. The molecule has 0 unspecified atom stereocenters. The molecule has 3 heterocycles. The second-order valence-corrected chi connectivity index (χ2v) is 8.02. The summed E-state index contributed by atoms with van der Waals surface area (Å²) in [6.07, 6.45) is 12.8. The van der Waals surface area contributed by atoms with Crippen molar-refractivity contribution in [2.45, 2.75) is 45.1 Å². The molecule has 1 aliphatic carbocycles. The van der Waals surface area contributed by atoms with E-state index < -0.39 is 0 Å². The zero-order valence-electron chi connectivity index (χ0n) is 15.9. The molecule has 144 valence electrons. The van der Waals surface area contributed by atoms with Crippen molar-refractivity contribution in [1.82, 2.24) is 9.88 Å². The Bertz CT molecular complexity index is 925. The van der Waals surface area contributed by atoms with Crippen molar-refractivity contribution >= 4 is 34.7 Å². The number of amides is 1. The number of thioether (sulfide) groups is 1. The van der Waals surface area contributed by atoms with Gasteiger partial charge < -0.3 is 4.42 Å². The van der Waals surface area contributed by atoms with E-state index in [-0.39, 0.29) is 11.9 Å². The van der Waals surface area contributed by atoms with Gasteiger partial charge in [-0.1, -0.05) is 31.4 Å². The van der Waals surface area contributed by atoms with Gasteiger partial charge in [-0.25, -0.2) is 9.98 Å². The number of hydrogen-bond acceptors (Lipinski definition) is 5. The first kappa shape index (κ1) is 18.7. The molecule has 1 saturated heterocycles. The van der Waals surface area contributed by atoms with Gasteiger partial charge in [-0.3, -0.25) is 9.69 Å². The molecule has 6 heteroatoms. The summed E-state index contributed by atoms with van der Waals surface area (Å²) in [7, 11) is 0. The molecular weight excluding hydrogens is 370 g/mol. The molecule has 1 saturated carbocycles. The number of carbonyl (C=O) groups excluding carboxylic acids is 1. The number of amidine groups is 1. The summed E-state index contributed by atoms with van der Waals surface area (Å²) in [5.41, 5.74) is 0.914. The van der Waals surface area contributed by atoms with Crippen LogP contribution in [0.25, 0.3) is 6.08 Å². The smallest absolute Gasteiger partial charge is 0.266 e. The van der Waals surface area contributed by atoms with Crippen LogP contribution in [0, 0.1) is 6.92 Å². The van der Waals surface area contributed by atoms with Crippen molar-refractivity contribution in [2.75, 3.05) is 0 Å². The third-order valence-corrected chi connectivity index (χ3v) is 5.91. The first-order chi connectivity index (χ1) is 13.7. The molecule has 1 aliphatic heterocycles. The molecule has 2 aliphatic rings. The van der Waals surface area contributed by atoms with E-state index in [0.717, 1.165) is 42.3 Å². The molecule has 5 nitrogen and oxygen atoms in total. The second kappa shape index (κ2) is 8.61. The van der Waals surface area contributed by atoms with Gasteiger partial charge in [0.15, 0.2) is 11.0 Å². The highest BCUT2D eigenvalue weighted by molar-refractivity contribution is 8.18. The Kier molecular flexibility index (Phi) is 5.76. The van der Waals surface area contributed by atoms with E-state index in [1.54, 1.807) is 6.26 Å². The van der Waals surface area contributed by atoms with Crippen LogP contribution in [-0.4, -0.2) is 27.0 Å². The van der Waals surface area contributed by atoms with Crippen molar-refractivity contribution in [3.05, 3.63) is 65.1 Å². The summed E-state index contributed by atoms with van der Waals surface area (Å²) in [6, 6.07) is 9.70. The van der Waals surface area contributed by atoms with Crippen molar-refractivity contribution in [1.29, 1.82) is 0 Å². The van der Waals surface area contributed by atoms with Gasteiger partial charge in [0, 0.05) is 11.7 Å². The van der Waals surface area contributed by atoms with E-state index in [4.69, 9.17) is 9.41 Å². The summed E-state index contributed by atoms with van der Waals surface area (Å²) in [5.74, 6) is 1.44. The number of aliphatic imine (C=N–C) groups is 1. The van der Waals surface area contributed by atoms with Gasteiger partial charge in [-0.15, -0.1) is 0 Å². The summed E-state index contributed by atoms with van der Waals surface area (Å²) in [5, 5.41) is 0.729. The van der Waals surface area contributed by atoms with Crippen LogP contribution in [0.2, 0.25) is 0 Å². The average molecular weight is 394 g/mol. The highest BCUT2D eigenvalue weighted by atomic mass is 32.2. The molecule has 2 fully saturated rings. The molecular formula is C22H23N3O2S. The summed E-state index contributed by atoms with van der Waals surface area (Å²) in [6.45, 7) is 1.94. The summed E-state index contributed by atoms with van der Waals surface area (Å²) >= 11 is 1.42. The number of furan rings is 1. The van der Waals surface area contributed by atoms with E-state index in [1.807, 2.05) is 60.4 Å². The van der Waals surface area contributed by atoms with Gasteiger partial charge in [0.25, 0.3) is 5.91 Å². The van der Waals surface area contributed by atoms with Crippen LogP contribution in [0.15, 0.2) is 63.1 Å². The zero-order valence-corrected chi connectivity index (χ0v) is 16.7. The van der Waals surface area contributed by atoms with Gasteiger partial charge >= 0.3 is 0 Å². The van der Waals surface area contributed by atoms with Crippen LogP contribution >= 0.6 is 11.8 Å². The quantitative estimate of drug-likeness (QED) is 0.646. The van der Waals surface area contributed by atoms with Gasteiger partial charge in [-0.05, 0) is 67.9 Å². The molecule has 1 amide bonds. The van der Waals surface area contributed by atoms with Crippen LogP contribution < -0.4 is 0 Å². The Morgan fingerprint density at radius 3 is 2.82 bits per heavy atom. The molecule has 0 N–H and O–H groups in total. The largest absolute Gasteiger partial charge is 0.465 e. The van der Waals surface area contributed by atoms with Crippen molar-refractivity contribution in [2.24, 2.45) is 4.99 Å².